The Hall–Kier alpha value is -6.51. The molecule has 2 aromatic carbocycles. The summed E-state index contributed by atoms with van der Waals surface area (Å²) in [4.78, 5) is 43.5. The van der Waals surface area contributed by atoms with Gasteiger partial charge in [0.05, 0.1) is 49.5 Å². The van der Waals surface area contributed by atoms with Crippen molar-refractivity contribution >= 4 is 59.3 Å². The summed E-state index contributed by atoms with van der Waals surface area (Å²) in [5.74, 6) is 3.01. The molecule has 20 heteroatoms. The molecule has 2 N–H and O–H groups in total. The fraction of sp³-hybridized carbons (Fsp3) is 0.516. The maximum absolute atomic E-state index is 12.9. The number of aromatic nitrogens is 6. The van der Waals surface area contributed by atoms with Crippen LogP contribution in [0.4, 0.5) is 32.6 Å². The van der Waals surface area contributed by atoms with Gasteiger partial charge in [-0.1, -0.05) is 50.4 Å². The van der Waals surface area contributed by atoms with Gasteiger partial charge in [-0.05, 0) is 162 Å². The van der Waals surface area contributed by atoms with Crippen LogP contribution in [0.15, 0.2) is 73.1 Å². The van der Waals surface area contributed by atoms with Crippen LogP contribution in [0.2, 0.25) is 5.15 Å². The number of rotatable bonds is 10. The summed E-state index contributed by atoms with van der Waals surface area (Å²) in [6, 6.07) is 20.3. The van der Waals surface area contributed by atoms with E-state index in [4.69, 9.17) is 35.4 Å². The zero-order valence-electron chi connectivity index (χ0n) is 50.3. The molecule has 0 spiro atoms. The molecule has 5 fully saturated rings. The fourth-order valence-electron chi connectivity index (χ4n) is 11.0. The highest BCUT2D eigenvalue weighted by Gasteiger charge is 2.52. The minimum Gasteiger partial charge on any atom is -0.399 e. The highest BCUT2D eigenvalue weighted by Crippen LogP contribution is 2.38. The van der Waals surface area contributed by atoms with Gasteiger partial charge in [-0.2, -0.15) is 10.2 Å². The molecule has 5 saturated heterocycles. The van der Waals surface area contributed by atoms with E-state index in [0.29, 0.717) is 43.4 Å². The molecular weight excluding hydrogens is 1060 g/mol. The maximum Gasteiger partial charge on any atom is 0.498 e. The van der Waals surface area contributed by atoms with E-state index in [1.54, 1.807) is 0 Å². The van der Waals surface area contributed by atoms with Gasteiger partial charge in [0, 0.05) is 106 Å². The molecule has 4 amide bonds. The summed E-state index contributed by atoms with van der Waals surface area (Å²) < 4.78 is 26.7. The molecule has 4 aromatic heterocycles. The molecule has 5 aliphatic rings. The van der Waals surface area contributed by atoms with Gasteiger partial charge < -0.3 is 49.0 Å². The smallest absolute Gasteiger partial charge is 0.399 e. The zero-order valence-corrected chi connectivity index (χ0v) is 51.0. The lowest BCUT2D eigenvalue weighted by Crippen LogP contribution is -2.41. The predicted molar refractivity (Wildman–Crippen MR) is 328 cm³/mol. The molecule has 9 heterocycles. The number of carbonyl (C=O) groups excluding carboxylic acids is 2. The Morgan fingerprint density at radius 1 is 0.610 bits per heavy atom. The number of aryl methyl sites for hydroxylation is 4. The van der Waals surface area contributed by atoms with Crippen molar-refractivity contribution in [1.82, 2.24) is 39.3 Å². The van der Waals surface area contributed by atoms with Gasteiger partial charge in [0.25, 0.3) is 0 Å². The summed E-state index contributed by atoms with van der Waals surface area (Å²) in [7, 11) is 3.56. The van der Waals surface area contributed by atoms with Gasteiger partial charge in [0.15, 0.2) is 0 Å². The molecule has 18 nitrogen and oxygen atoms in total. The van der Waals surface area contributed by atoms with Gasteiger partial charge in [0.1, 0.15) is 16.8 Å². The van der Waals surface area contributed by atoms with Crippen LogP contribution < -0.4 is 25.9 Å². The quantitative estimate of drug-likeness (QED) is 0.0985. The number of carbonyl (C=O) groups is 2. The molecule has 0 radical (unpaired) electrons. The lowest BCUT2D eigenvalue weighted by Gasteiger charge is -2.32. The van der Waals surface area contributed by atoms with Crippen molar-refractivity contribution in [1.29, 1.82) is 0 Å². The number of pyridine rings is 2. The first-order chi connectivity index (χ1) is 39.2. The van der Waals surface area contributed by atoms with Crippen molar-refractivity contribution in [3.05, 3.63) is 101 Å². The third kappa shape index (κ3) is 13.9. The molecule has 0 unspecified atom stereocenters. The Labute approximate surface area is 490 Å². The number of morpholine rings is 2. The zero-order chi connectivity index (χ0) is 58.5. The second-order valence-corrected chi connectivity index (χ2v) is 23.8. The van der Waals surface area contributed by atoms with E-state index in [9.17, 15) is 9.59 Å². The number of benzene rings is 2. The van der Waals surface area contributed by atoms with Crippen LogP contribution in [-0.4, -0.2) is 148 Å². The van der Waals surface area contributed by atoms with Crippen LogP contribution >= 0.6 is 11.6 Å². The number of anilines is 4. The number of nitrogens with one attached hydrogen (secondary N) is 2. The lowest BCUT2D eigenvalue weighted by atomic mass is 9.79. The van der Waals surface area contributed by atoms with Crippen molar-refractivity contribution in [3.8, 4) is 33.5 Å². The van der Waals surface area contributed by atoms with E-state index in [0.717, 1.165) is 163 Å². The van der Waals surface area contributed by atoms with Crippen molar-refractivity contribution in [3.63, 3.8) is 0 Å². The van der Waals surface area contributed by atoms with E-state index < -0.39 is 0 Å². The third-order valence-corrected chi connectivity index (χ3v) is 17.6. The SMILES string of the molecule is CC[C@@H]1CCN(C(=O)Nc2ccc(C)c(-c3cc(-c4cnn(C)c4C)nc(N4CCOCC4)c3)c2)C1.CC[C@@H]1CCN(C(=O)Nc2ccc(C)c(-c3cc(Cl)nc(N4CCOCC4)c3)c2)C1.Cc1c(B2OC(C)(C)C(C)(C)O2)cnn1C. The number of ether oxygens (including phenoxy) is 2. The van der Waals surface area contributed by atoms with E-state index in [2.05, 4.69) is 128 Å². The van der Waals surface area contributed by atoms with Crippen molar-refractivity contribution in [2.75, 3.05) is 99.2 Å². The van der Waals surface area contributed by atoms with Crippen LogP contribution in [0.5, 0.6) is 0 Å². The van der Waals surface area contributed by atoms with Crippen molar-refractivity contribution < 1.29 is 28.4 Å². The molecule has 11 rings (SSSR count). The number of hydrogen-bond acceptors (Lipinski definition) is 12. The van der Waals surface area contributed by atoms with Gasteiger partial charge in [-0.3, -0.25) is 9.36 Å². The first-order valence-electron chi connectivity index (χ1n) is 29.2. The Kier molecular flexibility index (Phi) is 19.0. The van der Waals surface area contributed by atoms with E-state index >= 15 is 0 Å². The van der Waals surface area contributed by atoms with Gasteiger partial charge in [-0.15, -0.1) is 0 Å². The maximum atomic E-state index is 12.9. The van der Waals surface area contributed by atoms with Crippen LogP contribution in [-0.2, 0) is 32.9 Å². The van der Waals surface area contributed by atoms with Gasteiger partial charge in [-0.25, -0.2) is 19.6 Å². The number of hydrogen-bond donors (Lipinski definition) is 2. The summed E-state index contributed by atoms with van der Waals surface area (Å²) in [5.41, 5.74) is 12.6. The van der Waals surface area contributed by atoms with E-state index in [-0.39, 0.29) is 30.4 Å². The minimum atomic E-state index is -0.307. The number of nitrogens with zero attached hydrogens (tertiary/aromatic N) is 10. The topological polar surface area (TPSA) is 170 Å². The predicted octanol–water partition coefficient (Wildman–Crippen LogP) is 10.7. The second-order valence-electron chi connectivity index (χ2n) is 23.4. The third-order valence-electron chi connectivity index (χ3n) is 17.5. The van der Waals surface area contributed by atoms with Crippen LogP contribution in [0, 0.1) is 39.5 Å². The lowest BCUT2D eigenvalue weighted by molar-refractivity contribution is 0.00578. The van der Waals surface area contributed by atoms with Crippen molar-refractivity contribution in [2.24, 2.45) is 25.9 Å². The van der Waals surface area contributed by atoms with Gasteiger partial charge >= 0.3 is 19.2 Å². The average molecular weight is 1140 g/mol. The Bertz CT molecular complexity index is 3190. The molecule has 5 aliphatic heterocycles. The molecule has 6 aromatic rings. The molecule has 82 heavy (non-hydrogen) atoms. The minimum absolute atomic E-state index is 0.0174. The summed E-state index contributed by atoms with van der Waals surface area (Å²) in [6.07, 6.45) is 8.10. The summed E-state index contributed by atoms with van der Waals surface area (Å²) in [6.45, 7) is 30.2. The molecule has 0 saturated carbocycles. The fourth-order valence-corrected chi connectivity index (χ4v) is 11.2. The van der Waals surface area contributed by atoms with Crippen LogP contribution in [0.1, 0.15) is 89.7 Å². The van der Waals surface area contributed by atoms with E-state index in [1.165, 1.54) is 0 Å². The number of halogens is 1. The Morgan fingerprint density at radius 2 is 1.07 bits per heavy atom. The standard InChI is InChI=1S/C28H36N6O2.C23H29ClN4O2.C11H19BN2O2/c1-5-21-8-9-34(18-21)28(35)30-23-7-6-19(2)24(16-23)22-14-26(25-17-29-32(4)20(25)3)31-27(15-22)33-10-12-36-13-11-33;1-3-17-6-7-28(15-17)23(29)25-19-5-4-16(2)20(14-19)18-12-21(24)26-22(13-18)27-8-10-30-11-9-27;1-8-9(7-13-14(8)6)12-15-10(2,3)11(4,5)16-12/h6-7,14-17,21H,5,8-13,18H2,1-4H3,(H,30,35);4-5,12-14,17H,3,6-11,15H2,1-2H3,(H,25,29);7H,1-6H3/t21-;17-;/m11./s1. The number of likely N-dealkylation sites (tertiary alicyclic amines) is 2. The first kappa shape index (κ1) is 60.1. The van der Waals surface area contributed by atoms with Gasteiger partial charge in [0.2, 0.25) is 0 Å². The molecule has 0 aliphatic carbocycles. The summed E-state index contributed by atoms with van der Waals surface area (Å²) in [5, 5.41) is 15.3. The molecular formula is C62H84BClN12O6. The average Bonchev–Trinajstić information content (AvgIpc) is 4.51. The number of amides is 4. The first-order valence-corrected chi connectivity index (χ1v) is 29.6. The van der Waals surface area contributed by atoms with Crippen LogP contribution in [0.3, 0.4) is 0 Å². The van der Waals surface area contributed by atoms with Crippen LogP contribution in [0.25, 0.3) is 33.5 Å². The Morgan fingerprint density at radius 3 is 1.51 bits per heavy atom. The van der Waals surface area contributed by atoms with E-state index in [1.807, 2.05) is 82.9 Å². The Balaban J connectivity index is 0.000000159. The molecule has 0 bridgehead atoms. The largest absolute Gasteiger partial charge is 0.498 e. The number of urea groups is 2. The second kappa shape index (κ2) is 26.0. The molecule has 438 valence electrons. The highest BCUT2D eigenvalue weighted by molar-refractivity contribution is 6.62. The van der Waals surface area contributed by atoms with Crippen molar-refractivity contribution in [2.45, 2.75) is 106 Å². The normalized spacial score (nSPS) is 19.4. The highest BCUT2D eigenvalue weighted by atomic mass is 35.5. The molecule has 2 atom stereocenters. The summed E-state index contributed by atoms with van der Waals surface area (Å²) >= 11 is 6.36. The monoisotopic (exact) mass is 1140 g/mol.